The van der Waals surface area contributed by atoms with Crippen molar-refractivity contribution in [3.05, 3.63) is 12.7 Å². The zero-order valence-electron chi connectivity index (χ0n) is 10.8. The van der Waals surface area contributed by atoms with Crippen molar-refractivity contribution < 1.29 is 0 Å². The van der Waals surface area contributed by atoms with Crippen LogP contribution in [-0.2, 0) is 0 Å². The van der Waals surface area contributed by atoms with Crippen molar-refractivity contribution in [3.63, 3.8) is 0 Å². The Bertz CT molecular complexity index is 385. The van der Waals surface area contributed by atoms with Crippen LogP contribution in [-0.4, -0.2) is 21.3 Å². The van der Waals surface area contributed by atoms with Crippen molar-refractivity contribution in [3.8, 4) is 0 Å². The van der Waals surface area contributed by atoms with Gasteiger partial charge < -0.3 is 10.3 Å². The molecule has 0 aliphatic heterocycles. The first-order chi connectivity index (χ1) is 8.85. The van der Waals surface area contributed by atoms with Gasteiger partial charge in [0, 0.05) is 6.54 Å². The minimum absolute atomic E-state index is 0.426. The van der Waals surface area contributed by atoms with E-state index in [1.54, 1.807) is 0 Å². The third-order valence-corrected chi connectivity index (χ3v) is 5.81. The normalized spacial score (nSPS) is 43.3. The Morgan fingerprint density at radius 1 is 1.00 bits per heavy atom. The van der Waals surface area contributed by atoms with Crippen LogP contribution in [0.1, 0.15) is 38.1 Å². The minimum atomic E-state index is 0.426. The van der Waals surface area contributed by atoms with Gasteiger partial charge in [0.25, 0.3) is 0 Å². The van der Waals surface area contributed by atoms with E-state index in [-0.39, 0.29) is 0 Å². The van der Waals surface area contributed by atoms with E-state index in [9.17, 15) is 0 Å². The van der Waals surface area contributed by atoms with Gasteiger partial charge in [0.1, 0.15) is 12.7 Å². The lowest BCUT2D eigenvalue weighted by Crippen LogP contribution is -2.49. The van der Waals surface area contributed by atoms with Gasteiger partial charge in [0.05, 0.1) is 6.04 Å². The molecule has 5 rings (SSSR count). The lowest BCUT2D eigenvalue weighted by atomic mass is 9.50. The zero-order valence-corrected chi connectivity index (χ0v) is 10.8. The predicted molar refractivity (Wildman–Crippen MR) is 68.6 cm³/mol. The molecular formula is C14H22N4. The smallest absolute Gasteiger partial charge is 0.119 e. The Kier molecular flexibility index (Phi) is 2.47. The van der Waals surface area contributed by atoms with Crippen molar-refractivity contribution in [2.24, 2.45) is 35.3 Å². The number of aromatic nitrogens is 3. The van der Waals surface area contributed by atoms with E-state index in [2.05, 4.69) is 14.8 Å². The highest BCUT2D eigenvalue weighted by molar-refractivity contribution is 5.01. The molecule has 1 aromatic heterocycles. The van der Waals surface area contributed by atoms with E-state index in [0.29, 0.717) is 6.04 Å². The fraction of sp³-hybridized carbons (Fsp3) is 0.857. The van der Waals surface area contributed by atoms with Crippen LogP contribution in [0.4, 0.5) is 0 Å². The molecule has 4 aliphatic rings. The van der Waals surface area contributed by atoms with Crippen LogP contribution in [0.3, 0.4) is 0 Å². The summed E-state index contributed by atoms with van der Waals surface area (Å²) in [5.41, 5.74) is 6.07. The van der Waals surface area contributed by atoms with Gasteiger partial charge in [0.15, 0.2) is 0 Å². The maximum absolute atomic E-state index is 6.07. The molecule has 0 aromatic carbocycles. The molecule has 0 amide bonds. The van der Waals surface area contributed by atoms with Gasteiger partial charge in [-0.3, -0.25) is 0 Å². The molecule has 2 N–H and O–H groups in total. The molecule has 4 aliphatic carbocycles. The molecule has 1 aromatic rings. The molecule has 0 radical (unpaired) electrons. The molecule has 4 fully saturated rings. The highest BCUT2D eigenvalue weighted by Crippen LogP contribution is 2.58. The summed E-state index contributed by atoms with van der Waals surface area (Å²) in [7, 11) is 0. The Hall–Kier alpha value is -0.900. The lowest BCUT2D eigenvalue weighted by Gasteiger charge is -2.56. The van der Waals surface area contributed by atoms with Crippen LogP contribution in [0, 0.1) is 29.6 Å². The number of nitrogens with zero attached hydrogens (tertiary/aromatic N) is 3. The first-order valence-electron chi connectivity index (χ1n) is 7.39. The molecule has 4 nitrogen and oxygen atoms in total. The van der Waals surface area contributed by atoms with Gasteiger partial charge in [-0.25, -0.2) is 0 Å². The standard InChI is InChI=1S/C14H22N4/c15-6-13(18-7-16-17-8-18)14-11-2-9-1-10(4-11)5-12(14)3-9/h7-14H,1-6,15H2. The van der Waals surface area contributed by atoms with Gasteiger partial charge in [-0.15, -0.1) is 10.2 Å². The van der Waals surface area contributed by atoms with Crippen molar-refractivity contribution in [1.29, 1.82) is 0 Å². The largest absolute Gasteiger partial charge is 0.328 e. The fourth-order valence-corrected chi connectivity index (χ4v) is 5.45. The maximum atomic E-state index is 6.07. The molecule has 4 heteroatoms. The predicted octanol–water partition coefficient (Wildman–Crippen LogP) is 1.85. The number of hydrogen-bond donors (Lipinski definition) is 1. The van der Waals surface area contributed by atoms with Crippen LogP contribution in [0.25, 0.3) is 0 Å². The third-order valence-electron chi connectivity index (χ3n) is 5.81. The quantitative estimate of drug-likeness (QED) is 0.885. The molecular weight excluding hydrogens is 224 g/mol. The minimum Gasteiger partial charge on any atom is -0.328 e. The van der Waals surface area contributed by atoms with Crippen LogP contribution < -0.4 is 5.73 Å². The second-order valence-corrected chi connectivity index (χ2v) is 6.72. The summed E-state index contributed by atoms with van der Waals surface area (Å²) in [5.74, 6) is 4.67. The van der Waals surface area contributed by atoms with E-state index in [1.165, 1.54) is 32.1 Å². The van der Waals surface area contributed by atoms with Gasteiger partial charge in [-0.05, 0) is 61.7 Å². The average molecular weight is 246 g/mol. The molecule has 4 bridgehead atoms. The molecule has 1 heterocycles. The number of hydrogen-bond acceptors (Lipinski definition) is 3. The van der Waals surface area contributed by atoms with Crippen molar-refractivity contribution in [2.75, 3.05) is 6.54 Å². The third kappa shape index (κ3) is 1.54. The Labute approximate surface area is 108 Å². The van der Waals surface area contributed by atoms with Crippen molar-refractivity contribution in [1.82, 2.24) is 14.8 Å². The maximum Gasteiger partial charge on any atom is 0.119 e. The summed E-state index contributed by atoms with van der Waals surface area (Å²) < 4.78 is 2.16. The SMILES string of the molecule is NCC(C1C2CC3CC(C2)CC1C3)n1cnnc1. The van der Waals surface area contributed by atoms with Crippen LogP contribution in [0.15, 0.2) is 12.7 Å². The van der Waals surface area contributed by atoms with Crippen LogP contribution >= 0.6 is 0 Å². The van der Waals surface area contributed by atoms with E-state index in [1.807, 2.05) is 12.7 Å². The Balaban J connectivity index is 1.64. The molecule has 0 saturated heterocycles. The molecule has 4 saturated carbocycles. The van der Waals surface area contributed by atoms with Crippen LogP contribution in [0.5, 0.6) is 0 Å². The van der Waals surface area contributed by atoms with Crippen molar-refractivity contribution in [2.45, 2.75) is 38.1 Å². The molecule has 1 atom stereocenters. The molecule has 98 valence electrons. The second kappa shape index (κ2) is 4.05. The van der Waals surface area contributed by atoms with Crippen molar-refractivity contribution >= 4 is 0 Å². The highest BCUT2D eigenvalue weighted by Gasteiger charge is 2.50. The summed E-state index contributed by atoms with van der Waals surface area (Å²) in [6.45, 7) is 0.727. The molecule has 18 heavy (non-hydrogen) atoms. The first kappa shape index (κ1) is 11.0. The summed E-state index contributed by atoms with van der Waals surface area (Å²) >= 11 is 0. The topological polar surface area (TPSA) is 56.7 Å². The lowest BCUT2D eigenvalue weighted by molar-refractivity contribution is -0.0569. The first-order valence-corrected chi connectivity index (χ1v) is 7.39. The van der Waals surface area contributed by atoms with E-state index >= 15 is 0 Å². The van der Waals surface area contributed by atoms with Gasteiger partial charge in [-0.2, -0.15) is 0 Å². The van der Waals surface area contributed by atoms with Gasteiger partial charge in [-0.1, -0.05) is 0 Å². The van der Waals surface area contributed by atoms with E-state index in [0.717, 1.165) is 36.1 Å². The second-order valence-electron chi connectivity index (χ2n) is 6.72. The Morgan fingerprint density at radius 3 is 2.06 bits per heavy atom. The van der Waals surface area contributed by atoms with Gasteiger partial charge >= 0.3 is 0 Å². The average Bonchev–Trinajstić information content (AvgIpc) is 2.86. The number of nitrogens with two attached hydrogens (primary N) is 1. The van der Waals surface area contributed by atoms with Crippen LogP contribution in [0.2, 0.25) is 0 Å². The zero-order chi connectivity index (χ0) is 12.1. The summed E-state index contributed by atoms with van der Waals surface area (Å²) in [4.78, 5) is 0. The number of rotatable bonds is 3. The van der Waals surface area contributed by atoms with Gasteiger partial charge in [0.2, 0.25) is 0 Å². The molecule has 0 spiro atoms. The summed E-state index contributed by atoms with van der Waals surface area (Å²) in [6, 6.07) is 0.426. The monoisotopic (exact) mass is 246 g/mol. The van der Waals surface area contributed by atoms with E-state index < -0.39 is 0 Å². The molecule has 1 unspecified atom stereocenters. The fourth-order valence-electron chi connectivity index (χ4n) is 5.45. The highest BCUT2D eigenvalue weighted by atomic mass is 15.2. The summed E-state index contributed by atoms with van der Waals surface area (Å²) in [6.07, 6.45) is 11.0. The Morgan fingerprint density at radius 2 is 1.56 bits per heavy atom. The van der Waals surface area contributed by atoms with E-state index in [4.69, 9.17) is 5.73 Å². The summed E-state index contributed by atoms with van der Waals surface area (Å²) in [5, 5.41) is 7.92.